The van der Waals surface area contributed by atoms with Gasteiger partial charge in [0.25, 0.3) is 11.8 Å². The van der Waals surface area contributed by atoms with E-state index in [1.54, 1.807) is 18.2 Å². The van der Waals surface area contributed by atoms with Crippen molar-refractivity contribution in [1.82, 2.24) is 0 Å². The van der Waals surface area contributed by atoms with Gasteiger partial charge in [0, 0.05) is 5.69 Å². The zero-order chi connectivity index (χ0) is 18.8. The Morgan fingerprint density at radius 1 is 1.19 bits per heavy atom. The average molecular weight is 427 g/mol. The molecule has 0 bridgehead atoms. The molecule has 7 heteroatoms. The van der Waals surface area contributed by atoms with Gasteiger partial charge in [0.1, 0.15) is 11.5 Å². The first-order chi connectivity index (χ1) is 13.1. The van der Waals surface area contributed by atoms with Gasteiger partial charge in [-0.15, -0.1) is 0 Å². The third-order valence-corrected chi connectivity index (χ3v) is 4.90. The Hall–Kier alpha value is -3.06. The third-order valence-electron chi connectivity index (χ3n) is 4.08. The number of rotatable bonds is 4. The van der Waals surface area contributed by atoms with Crippen molar-refractivity contribution in [2.24, 2.45) is 0 Å². The van der Waals surface area contributed by atoms with Crippen LogP contribution in [-0.4, -0.2) is 25.0 Å². The van der Waals surface area contributed by atoms with Crippen molar-refractivity contribution in [3.63, 3.8) is 0 Å². The molecule has 1 aliphatic rings. The Morgan fingerprint density at radius 3 is 2.93 bits per heavy atom. The molecule has 27 heavy (non-hydrogen) atoms. The van der Waals surface area contributed by atoms with Gasteiger partial charge < -0.3 is 20.1 Å². The van der Waals surface area contributed by atoms with Gasteiger partial charge in [0.15, 0.2) is 13.2 Å². The molecule has 0 spiro atoms. The fourth-order valence-electron chi connectivity index (χ4n) is 2.83. The Kier molecular flexibility index (Phi) is 4.68. The molecule has 136 valence electrons. The van der Waals surface area contributed by atoms with Gasteiger partial charge in [-0.2, -0.15) is 0 Å². The molecule has 0 unspecified atom stereocenters. The second-order valence-corrected chi connectivity index (χ2v) is 6.78. The van der Waals surface area contributed by atoms with E-state index >= 15 is 0 Å². The van der Waals surface area contributed by atoms with Gasteiger partial charge >= 0.3 is 0 Å². The molecule has 0 atom stereocenters. The molecule has 4 rings (SSSR count). The smallest absolute Gasteiger partial charge is 0.262 e. The van der Waals surface area contributed by atoms with Gasteiger partial charge in [-0.1, -0.05) is 30.3 Å². The highest BCUT2D eigenvalue weighted by atomic mass is 79.9. The van der Waals surface area contributed by atoms with Crippen molar-refractivity contribution >= 4 is 49.9 Å². The summed E-state index contributed by atoms with van der Waals surface area (Å²) in [5.41, 5.74) is 1.08. The first-order valence-electron chi connectivity index (χ1n) is 8.27. The van der Waals surface area contributed by atoms with Crippen molar-refractivity contribution in [1.29, 1.82) is 0 Å². The third kappa shape index (κ3) is 3.73. The molecule has 0 saturated heterocycles. The lowest BCUT2D eigenvalue weighted by Crippen LogP contribution is -2.25. The van der Waals surface area contributed by atoms with E-state index in [1.165, 1.54) is 0 Å². The summed E-state index contributed by atoms with van der Waals surface area (Å²) in [5, 5.41) is 7.55. The molecular weight excluding hydrogens is 412 g/mol. The standard InChI is InChI=1S/C20H15BrN2O4/c21-20-14-4-2-1-3-12(14)5-7-17(20)27-10-18(24)22-13-6-8-16-15(9-13)23-19(25)11-26-16/h1-9H,10-11H2,(H,22,24)(H,23,25). The summed E-state index contributed by atoms with van der Waals surface area (Å²) in [6, 6.07) is 16.7. The van der Waals surface area contributed by atoms with Crippen LogP contribution in [0.1, 0.15) is 0 Å². The molecule has 2 N–H and O–H groups in total. The lowest BCUT2D eigenvalue weighted by molar-refractivity contribution is -0.119. The largest absolute Gasteiger partial charge is 0.483 e. The van der Waals surface area contributed by atoms with Crippen LogP contribution in [0.15, 0.2) is 59.1 Å². The van der Waals surface area contributed by atoms with E-state index < -0.39 is 0 Å². The Balaban J connectivity index is 1.42. The highest BCUT2D eigenvalue weighted by molar-refractivity contribution is 9.10. The van der Waals surface area contributed by atoms with Crippen LogP contribution in [0.4, 0.5) is 11.4 Å². The van der Waals surface area contributed by atoms with Crippen LogP contribution in [0.5, 0.6) is 11.5 Å². The molecule has 3 aromatic carbocycles. The summed E-state index contributed by atoms with van der Waals surface area (Å²) in [5.74, 6) is 0.632. The predicted molar refractivity (Wildman–Crippen MR) is 106 cm³/mol. The van der Waals surface area contributed by atoms with Crippen LogP contribution in [0, 0.1) is 0 Å². The van der Waals surface area contributed by atoms with Crippen LogP contribution in [0.2, 0.25) is 0 Å². The summed E-state index contributed by atoms with van der Waals surface area (Å²) < 4.78 is 11.8. The predicted octanol–water partition coefficient (Wildman–Crippen LogP) is 3.95. The number of carbonyl (C=O) groups excluding carboxylic acids is 2. The topological polar surface area (TPSA) is 76.7 Å². The van der Waals surface area contributed by atoms with Crippen molar-refractivity contribution in [2.75, 3.05) is 23.8 Å². The maximum atomic E-state index is 12.2. The molecule has 0 saturated carbocycles. The van der Waals surface area contributed by atoms with Crippen LogP contribution in [0.25, 0.3) is 10.8 Å². The number of ether oxygens (including phenoxy) is 2. The number of hydrogen-bond acceptors (Lipinski definition) is 4. The van der Waals surface area contributed by atoms with Gasteiger partial charge in [0.2, 0.25) is 0 Å². The number of halogens is 1. The maximum absolute atomic E-state index is 12.2. The number of fused-ring (bicyclic) bond motifs is 2. The quantitative estimate of drug-likeness (QED) is 0.661. The van der Waals surface area contributed by atoms with E-state index in [0.717, 1.165) is 15.2 Å². The van der Waals surface area contributed by atoms with E-state index in [9.17, 15) is 9.59 Å². The average Bonchev–Trinajstić information content (AvgIpc) is 2.67. The van der Waals surface area contributed by atoms with Crippen LogP contribution in [0.3, 0.4) is 0 Å². The first-order valence-corrected chi connectivity index (χ1v) is 9.06. The SMILES string of the molecule is O=C(COc1ccc2ccccc2c1Br)Nc1ccc2c(c1)NC(=O)CO2. The number of carbonyl (C=O) groups is 2. The summed E-state index contributed by atoms with van der Waals surface area (Å²) in [6.45, 7) is -0.149. The van der Waals surface area contributed by atoms with Crippen LogP contribution in [-0.2, 0) is 9.59 Å². The van der Waals surface area contributed by atoms with Crippen LogP contribution < -0.4 is 20.1 Å². The molecule has 1 heterocycles. The molecule has 0 aliphatic carbocycles. The number of amides is 2. The lowest BCUT2D eigenvalue weighted by Gasteiger charge is -2.18. The molecular formula is C20H15BrN2O4. The zero-order valence-electron chi connectivity index (χ0n) is 14.1. The number of nitrogens with one attached hydrogen (secondary N) is 2. The maximum Gasteiger partial charge on any atom is 0.262 e. The fourth-order valence-corrected chi connectivity index (χ4v) is 3.43. The van der Waals surface area contributed by atoms with Crippen molar-refractivity contribution in [3.8, 4) is 11.5 Å². The molecule has 1 aliphatic heterocycles. The minimum atomic E-state index is -0.307. The molecule has 2 amide bonds. The molecule has 0 radical (unpaired) electrons. The summed E-state index contributed by atoms with van der Waals surface area (Å²) in [7, 11) is 0. The molecule has 0 fully saturated rings. The van der Waals surface area contributed by atoms with Crippen LogP contribution >= 0.6 is 15.9 Å². The summed E-state index contributed by atoms with van der Waals surface area (Å²) in [6.07, 6.45) is 0. The summed E-state index contributed by atoms with van der Waals surface area (Å²) >= 11 is 3.53. The molecule has 3 aromatic rings. The highest BCUT2D eigenvalue weighted by Crippen LogP contribution is 2.33. The van der Waals surface area contributed by atoms with E-state index in [1.807, 2.05) is 36.4 Å². The first kappa shape index (κ1) is 17.4. The number of benzene rings is 3. The Labute approximate surface area is 163 Å². The number of hydrogen-bond donors (Lipinski definition) is 2. The van der Waals surface area contributed by atoms with E-state index in [0.29, 0.717) is 22.9 Å². The fraction of sp³-hybridized carbons (Fsp3) is 0.100. The highest BCUT2D eigenvalue weighted by Gasteiger charge is 2.16. The van der Waals surface area contributed by atoms with E-state index in [4.69, 9.17) is 9.47 Å². The van der Waals surface area contributed by atoms with Gasteiger partial charge in [-0.05, 0) is 51.0 Å². The minimum absolute atomic E-state index is 0.00676. The van der Waals surface area contributed by atoms with Crippen molar-refractivity contribution < 1.29 is 19.1 Å². The number of anilines is 2. The van der Waals surface area contributed by atoms with Gasteiger partial charge in [-0.25, -0.2) is 0 Å². The lowest BCUT2D eigenvalue weighted by atomic mass is 10.1. The molecule has 0 aromatic heterocycles. The second-order valence-electron chi connectivity index (χ2n) is 5.98. The van der Waals surface area contributed by atoms with E-state index in [2.05, 4.69) is 26.6 Å². The Bertz CT molecular complexity index is 1050. The normalized spacial score (nSPS) is 12.7. The van der Waals surface area contributed by atoms with Crippen molar-refractivity contribution in [3.05, 3.63) is 59.1 Å². The monoisotopic (exact) mass is 426 g/mol. The van der Waals surface area contributed by atoms with Crippen molar-refractivity contribution in [2.45, 2.75) is 0 Å². The van der Waals surface area contributed by atoms with E-state index in [-0.39, 0.29) is 25.0 Å². The van der Waals surface area contributed by atoms with Gasteiger partial charge in [0.05, 0.1) is 10.2 Å². The Morgan fingerprint density at radius 2 is 2.04 bits per heavy atom. The summed E-state index contributed by atoms with van der Waals surface area (Å²) in [4.78, 5) is 23.6. The minimum Gasteiger partial charge on any atom is -0.483 e. The van der Waals surface area contributed by atoms with Gasteiger partial charge in [-0.3, -0.25) is 9.59 Å². The molecule has 6 nitrogen and oxygen atoms in total. The second kappa shape index (κ2) is 7.28. The zero-order valence-corrected chi connectivity index (χ0v) is 15.7.